The molecule has 3 heteroatoms. The Balaban J connectivity index is 2.73. The van der Waals surface area contributed by atoms with Crippen molar-refractivity contribution in [2.75, 3.05) is 20.7 Å². The van der Waals surface area contributed by atoms with Crippen LogP contribution in [-0.2, 0) is 9.53 Å². The highest BCUT2D eigenvalue weighted by atomic mass is 16.5. The lowest BCUT2D eigenvalue weighted by molar-refractivity contribution is -0.156. The molecule has 2 unspecified atom stereocenters. The Morgan fingerprint density at radius 1 is 1.62 bits per heavy atom. The van der Waals surface area contributed by atoms with E-state index in [0.29, 0.717) is 5.92 Å². The average Bonchev–Trinajstić information content (AvgIpc) is 2.11. The van der Waals surface area contributed by atoms with E-state index in [1.165, 1.54) is 7.11 Å². The number of nitrogens with zero attached hydrogens (tertiary/aromatic N) is 1. The van der Waals surface area contributed by atoms with E-state index in [4.69, 9.17) is 4.74 Å². The van der Waals surface area contributed by atoms with Crippen molar-refractivity contribution >= 4 is 5.97 Å². The topological polar surface area (TPSA) is 29.5 Å². The van der Waals surface area contributed by atoms with Gasteiger partial charge in [0, 0.05) is 6.54 Å². The summed E-state index contributed by atoms with van der Waals surface area (Å²) in [7, 11) is 3.45. The Morgan fingerprint density at radius 3 is 2.69 bits per heavy atom. The van der Waals surface area contributed by atoms with E-state index < -0.39 is 5.54 Å². The zero-order valence-corrected chi connectivity index (χ0v) is 8.96. The Morgan fingerprint density at radius 2 is 2.23 bits per heavy atom. The summed E-state index contributed by atoms with van der Waals surface area (Å²) in [4.78, 5) is 13.6. The average molecular weight is 185 g/mol. The number of esters is 1. The van der Waals surface area contributed by atoms with Crippen molar-refractivity contribution in [3.63, 3.8) is 0 Å². The second kappa shape index (κ2) is 3.66. The second-order valence-electron chi connectivity index (χ2n) is 4.29. The molecule has 76 valence electrons. The number of piperidine rings is 1. The van der Waals surface area contributed by atoms with Crippen molar-refractivity contribution in [2.45, 2.75) is 32.2 Å². The van der Waals surface area contributed by atoms with Crippen molar-refractivity contribution in [1.29, 1.82) is 0 Å². The molecular weight excluding hydrogens is 166 g/mol. The van der Waals surface area contributed by atoms with E-state index >= 15 is 0 Å². The van der Waals surface area contributed by atoms with E-state index in [1.807, 2.05) is 14.0 Å². The van der Waals surface area contributed by atoms with Crippen molar-refractivity contribution in [1.82, 2.24) is 4.90 Å². The lowest BCUT2D eigenvalue weighted by Crippen LogP contribution is -2.55. The molecule has 0 amide bonds. The highest BCUT2D eigenvalue weighted by molar-refractivity contribution is 5.80. The van der Waals surface area contributed by atoms with Crippen molar-refractivity contribution in [3.05, 3.63) is 0 Å². The summed E-state index contributed by atoms with van der Waals surface area (Å²) in [5.41, 5.74) is -0.402. The molecule has 1 aliphatic heterocycles. The summed E-state index contributed by atoms with van der Waals surface area (Å²) in [6.45, 7) is 5.16. The largest absolute Gasteiger partial charge is 0.468 e. The van der Waals surface area contributed by atoms with E-state index in [1.54, 1.807) is 0 Å². The molecule has 0 aromatic heterocycles. The van der Waals surface area contributed by atoms with Crippen LogP contribution in [0.3, 0.4) is 0 Å². The molecule has 13 heavy (non-hydrogen) atoms. The molecule has 2 atom stereocenters. The first-order chi connectivity index (χ1) is 6.00. The summed E-state index contributed by atoms with van der Waals surface area (Å²) in [5.74, 6) is 0.574. The van der Waals surface area contributed by atoms with Gasteiger partial charge in [0.05, 0.1) is 7.11 Å². The third-order valence-corrected chi connectivity index (χ3v) is 3.18. The van der Waals surface area contributed by atoms with Crippen molar-refractivity contribution in [3.8, 4) is 0 Å². The van der Waals surface area contributed by atoms with Gasteiger partial charge >= 0.3 is 5.97 Å². The van der Waals surface area contributed by atoms with Gasteiger partial charge in [-0.15, -0.1) is 0 Å². The standard InChI is InChI=1S/C10H19NO2/c1-8-5-6-10(2,9(12)13-4)11(3)7-8/h8H,5-7H2,1-4H3. The normalized spacial score (nSPS) is 35.8. The van der Waals surface area contributed by atoms with Gasteiger partial charge in [0.25, 0.3) is 0 Å². The highest BCUT2D eigenvalue weighted by Crippen LogP contribution is 2.30. The molecule has 1 aliphatic rings. The Bertz CT molecular complexity index is 205. The fourth-order valence-corrected chi connectivity index (χ4v) is 1.96. The number of likely N-dealkylation sites (N-methyl/N-ethyl adjacent to an activating group) is 1. The first-order valence-corrected chi connectivity index (χ1v) is 4.80. The molecule has 0 saturated carbocycles. The number of carbonyl (C=O) groups excluding carboxylic acids is 1. The van der Waals surface area contributed by atoms with Gasteiger partial charge in [-0.05, 0) is 32.7 Å². The summed E-state index contributed by atoms with van der Waals surface area (Å²) in [5, 5.41) is 0. The van der Waals surface area contributed by atoms with Gasteiger partial charge in [0.1, 0.15) is 5.54 Å². The molecule has 1 saturated heterocycles. The van der Waals surface area contributed by atoms with Gasteiger partial charge in [-0.1, -0.05) is 6.92 Å². The molecule has 0 spiro atoms. The summed E-state index contributed by atoms with van der Waals surface area (Å²) >= 11 is 0. The fourth-order valence-electron chi connectivity index (χ4n) is 1.96. The number of rotatable bonds is 1. The molecular formula is C10H19NO2. The quantitative estimate of drug-likeness (QED) is 0.576. The third kappa shape index (κ3) is 1.85. The van der Waals surface area contributed by atoms with Crippen LogP contribution in [0.1, 0.15) is 26.7 Å². The maximum Gasteiger partial charge on any atom is 0.325 e. The molecule has 1 fully saturated rings. The van der Waals surface area contributed by atoms with Gasteiger partial charge in [0.15, 0.2) is 0 Å². The minimum Gasteiger partial charge on any atom is -0.468 e. The molecule has 0 aliphatic carbocycles. The van der Waals surface area contributed by atoms with Crippen LogP contribution in [0.5, 0.6) is 0 Å². The number of methoxy groups -OCH3 is 1. The van der Waals surface area contributed by atoms with Gasteiger partial charge in [-0.2, -0.15) is 0 Å². The first kappa shape index (κ1) is 10.5. The zero-order valence-electron chi connectivity index (χ0n) is 8.96. The van der Waals surface area contributed by atoms with Crippen LogP contribution < -0.4 is 0 Å². The predicted octanol–water partition coefficient (Wildman–Crippen LogP) is 1.28. The monoisotopic (exact) mass is 185 g/mol. The highest BCUT2D eigenvalue weighted by Gasteiger charge is 2.41. The minimum absolute atomic E-state index is 0.109. The first-order valence-electron chi connectivity index (χ1n) is 4.80. The molecule has 1 heterocycles. The van der Waals surface area contributed by atoms with E-state index in [-0.39, 0.29) is 5.97 Å². The Kier molecular flexibility index (Phi) is 2.96. The number of likely N-dealkylation sites (tertiary alicyclic amines) is 1. The van der Waals surface area contributed by atoms with Crippen molar-refractivity contribution in [2.24, 2.45) is 5.92 Å². The van der Waals surface area contributed by atoms with Gasteiger partial charge in [-0.25, -0.2) is 0 Å². The second-order valence-corrected chi connectivity index (χ2v) is 4.29. The summed E-state index contributed by atoms with van der Waals surface area (Å²) in [6, 6.07) is 0. The lowest BCUT2D eigenvalue weighted by atomic mass is 9.84. The number of hydrogen-bond donors (Lipinski definition) is 0. The minimum atomic E-state index is -0.402. The maximum absolute atomic E-state index is 11.5. The zero-order chi connectivity index (χ0) is 10.1. The summed E-state index contributed by atoms with van der Waals surface area (Å²) < 4.78 is 4.82. The molecule has 0 bridgehead atoms. The van der Waals surface area contributed by atoms with Crippen LogP contribution >= 0.6 is 0 Å². The Labute approximate surface area is 80.1 Å². The van der Waals surface area contributed by atoms with Crippen LogP contribution in [0.15, 0.2) is 0 Å². The number of carbonyl (C=O) groups is 1. The van der Waals surface area contributed by atoms with Crippen LogP contribution in [-0.4, -0.2) is 37.1 Å². The van der Waals surface area contributed by atoms with E-state index in [0.717, 1.165) is 19.4 Å². The molecule has 0 radical (unpaired) electrons. The fraction of sp³-hybridized carbons (Fsp3) is 0.900. The van der Waals surface area contributed by atoms with Crippen LogP contribution in [0.25, 0.3) is 0 Å². The molecule has 0 aromatic rings. The maximum atomic E-state index is 11.5. The van der Waals surface area contributed by atoms with Crippen LogP contribution in [0, 0.1) is 5.92 Å². The summed E-state index contributed by atoms with van der Waals surface area (Å²) in [6.07, 6.45) is 2.01. The van der Waals surface area contributed by atoms with Crippen LogP contribution in [0.4, 0.5) is 0 Å². The lowest BCUT2D eigenvalue weighted by Gasteiger charge is -2.42. The van der Waals surface area contributed by atoms with Gasteiger partial charge in [-0.3, -0.25) is 9.69 Å². The van der Waals surface area contributed by atoms with Crippen LogP contribution in [0.2, 0.25) is 0 Å². The molecule has 3 nitrogen and oxygen atoms in total. The molecule has 0 aromatic carbocycles. The number of hydrogen-bond acceptors (Lipinski definition) is 3. The van der Waals surface area contributed by atoms with Crippen molar-refractivity contribution < 1.29 is 9.53 Å². The third-order valence-electron chi connectivity index (χ3n) is 3.18. The van der Waals surface area contributed by atoms with E-state index in [2.05, 4.69) is 11.8 Å². The predicted molar refractivity (Wildman–Crippen MR) is 51.4 cm³/mol. The van der Waals surface area contributed by atoms with Gasteiger partial charge < -0.3 is 4.74 Å². The SMILES string of the molecule is COC(=O)C1(C)CCC(C)CN1C. The van der Waals surface area contributed by atoms with Gasteiger partial charge in [0.2, 0.25) is 0 Å². The molecule has 1 rings (SSSR count). The Hall–Kier alpha value is -0.570. The number of ether oxygens (including phenoxy) is 1. The van der Waals surface area contributed by atoms with E-state index in [9.17, 15) is 4.79 Å². The smallest absolute Gasteiger partial charge is 0.325 e. The molecule has 0 N–H and O–H groups in total.